The molecule has 1 aliphatic rings. The fourth-order valence-electron chi connectivity index (χ4n) is 4.16. The van der Waals surface area contributed by atoms with Gasteiger partial charge < -0.3 is 19.7 Å². The quantitative estimate of drug-likeness (QED) is 0.608. The summed E-state index contributed by atoms with van der Waals surface area (Å²) in [5, 5.41) is 3.02. The van der Waals surface area contributed by atoms with Gasteiger partial charge in [0.2, 0.25) is 11.8 Å². The second-order valence-corrected chi connectivity index (χ2v) is 7.68. The number of ether oxygens (including phenoxy) is 2. The number of hydrogen-bond donors (Lipinski definition) is 1. The smallest absolute Gasteiger partial charge is 0.229 e. The van der Waals surface area contributed by atoms with Crippen LogP contribution in [0.5, 0.6) is 11.5 Å². The number of methoxy groups -OCH3 is 2. The molecule has 2 atom stereocenters. The summed E-state index contributed by atoms with van der Waals surface area (Å²) < 4.78 is 10.5. The minimum Gasteiger partial charge on any atom is -0.497 e. The van der Waals surface area contributed by atoms with Gasteiger partial charge in [-0.05, 0) is 60.5 Å². The Morgan fingerprint density at radius 2 is 1.47 bits per heavy atom. The molecule has 3 aromatic carbocycles. The topological polar surface area (TPSA) is 67.9 Å². The molecule has 0 radical (unpaired) electrons. The third kappa shape index (κ3) is 4.44. The van der Waals surface area contributed by atoms with Crippen LogP contribution in [0.15, 0.2) is 78.9 Å². The minimum atomic E-state index is -0.413. The number of hydrogen-bond acceptors (Lipinski definition) is 4. The van der Waals surface area contributed by atoms with Crippen LogP contribution < -0.4 is 19.7 Å². The van der Waals surface area contributed by atoms with Gasteiger partial charge in [0.1, 0.15) is 11.5 Å². The average Bonchev–Trinajstić information content (AvgIpc) is 2.85. The lowest BCUT2D eigenvalue weighted by atomic mass is 9.83. The van der Waals surface area contributed by atoms with E-state index in [9.17, 15) is 9.59 Å². The van der Waals surface area contributed by atoms with Gasteiger partial charge in [0.15, 0.2) is 0 Å². The van der Waals surface area contributed by atoms with Gasteiger partial charge in [0.05, 0.1) is 26.2 Å². The summed E-state index contributed by atoms with van der Waals surface area (Å²) in [6, 6.07) is 23.9. The molecule has 1 fully saturated rings. The number of anilines is 2. The van der Waals surface area contributed by atoms with Gasteiger partial charge in [0.25, 0.3) is 0 Å². The number of piperidine rings is 1. The Hall–Kier alpha value is -3.80. The zero-order valence-corrected chi connectivity index (χ0v) is 18.2. The van der Waals surface area contributed by atoms with E-state index in [-0.39, 0.29) is 11.8 Å². The van der Waals surface area contributed by atoms with Gasteiger partial charge in [-0.2, -0.15) is 0 Å². The van der Waals surface area contributed by atoms with Crippen molar-refractivity contribution in [2.45, 2.75) is 18.9 Å². The number of amides is 2. The molecule has 0 aliphatic carbocycles. The van der Waals surface area contributed by atoms with E-state index in [1.807, 2.05) is 66.7 Å². The molecular formula is C26H26N2O4. The van der Waals surface area contributed by atoms with Crippen LogP contribution in [0.25, 0.3) is 0 Å². The highest BCUT2D eigenvalue weighted by Crippen LogP contribution is 2.40. The van der Waals surface area contributed by atoms with E-state index in [1.54, 1.807) is 31.3 Å². The Morgan fingerprint density at radius 1 is 0.875 bits per heavy atom. The Morgan fingerprint density at radius 3 is 2.06 bits per heavy atom. The summed E-state index contributed by atoms with van der Waals surface area (Å²) in [5.74, 6) is 0.911. The van der Waals surface area contributed by atoms with Crippen molar-refractivity contribution >= 4 is 23.2 Å². The second-order valence-electron chi connectivity index (χ2n) is 7.68. The molecule has 1 saturated heterocycles. The summed E-state index contributed by atoms with van der Waals surface area (Å²) in [6.07, 6.45) is 0.781. The number of benzene rings is 3. The van der Waals surface area contributed by atoms with Crippen LogP contribution in [0.2, 0.25) is 0 Å². The molecule has 4 rings (SSSR count). The largest absolute Gasteiger partial charge is 0.497 e. The van der Waals surface area contributed by atoms with Crippen molar-refractivity contribution in [2.24, 2.45) is 5.92 Å². The van der Waals surface area contributed by atoms with Crippen LogP contribution in [-0.4, -0.2) is 26.0 Å². The molecule has 1 N–H and O–H groups in total. The first-order valence-electron chi connectivity index (χ1n) is 10.6. The standard InChI is InChI=1S/C26H26N2O4/c1-31-21-12-8-19(9-13-21)27-26(30)23-16-17-24(29)28(20-10-14-22(32-2)15-11-20)25(23)18-6-4-3-5-7-18/h3-15,23,25H,16-17H2,1-2H3,(H,27,30)/t23-,25-/m1/s1. The molecule has 0 spiro atoms. The van der Waals surface area contributed by atoms with Gasteiger partial charge in [-0.15, -0.1) is 0 Å². The van der Waals surface area contributed by atoms with Crippen molar-refractivity contribution in [2.75, 3.05) is 24.4 Å². The maximum absolute atomic E-state index is 13.4. The molecule has 32 heavy (non-hydrogen) atoms. The maximum atomic E-state index is 13.4. The zero-order valence-electron chi connectivity index (χ0n) is 18.2. The van der Waals surface area contributed by atoms with Crippen molar-refractivity contribution in [3.63, 3.8) is 0 Å². The number of nitrogens with one attached hydrogen (secondary N) is 1. The van der Waals surface area contributed by atoms with Crippen molar-refractivity contribution in [1.29, 1.82) is 0 Å². The summed E-state index contributed by atoms with van der Waals surface area (Å²) in [7, 11) is 3.21. The Kier molecular flexibility index (Phi) is 6.40. The van der Waals surface area contributed by atoms with Crippen molar-refractivity contribution in [1.82, 2.24) is 0 Å². The summed E-state index contributed by atoms with van der Waals surface area (Å²) in [4.78, 5) is 28.2. The monoisotopic (exact) mass is 430 g/mol. The third-order valence-corrected chi connectivity index (χ3v) is 5.78. The first kappa shape index (κ1) is 21.4. The molecule has 0 saturated carbocycles. The number of rotatable bonds is 6. The molecule has 0 aromatic heterocycles. The molecule has 3 aromatic rings. The highest BCUT2D eigenvalue weighted by Gasteiger charge is 2.41. The predicted molar refractivity (Wildman–Crippen MR) is 124 cm³/mol. The molecular weight excluding hydrogens is 404 g/mol. The van der Waals surface area contributed by atoms with E-state index >= 15 is 0 Å². The molecule has 1 aliphatic heterocycles. The minimum absolute atomic E-state index is 0.00230. The van der Waals surface area contributed by atoms with Crippen LogP contribution in [0, 0.1) is 5.92 Å². The first-order chi connectivity index (χ1) is 15.6. The van der Waals surface area contributed by atoms with Crippen molar-refractivity contribution in [3.8, 4) is 11.5 Å². The lowest BCUT2D eigenvalue weighted by molar-refractivity contribution is -0.125. The highest BCUT2D eigenvalue weighted by atomic mass is 16.5. The normalized spacial score (nSPS) is 18.2. The fraction of sp³-hybridized carbons (Fsp3) is 0.231. The van der Waals surface area contributed by atoms with Crippen molar-refractivity contribution in [3.05, 3.63) is 84.4 Å². The van der Waals surface area contributed by atoms with Crippen LogP contribution in [0.1, 0.15) is 24.4 Å². The van der Waals surface area contributed by atoms with Gasteiger partial charge in [-0.3, -0.25) is 9.59 Å². The van der Waals surface area contributed by atoms with Gasteiger partial charge in [-0.25, -0.2) is 0 Å². The summed E-state index contributed by atoms with van der Waals surface area (Å²) >= 11 is 0. The third-order valence-electron chi connectivity index (χ3n) is 5.78. The molecule has 2 amide bonds. The lowest BCUT2D eigenvalue weighted by Gasteiger charge is -2.41. The summed E-state index contributed by atoms with van der Waals surface area (Å²) in [6.45, 7) is 0. The number of nitrogens with zero attached hydrogens (tertiary/aromatic N) is 1. The number of carbonyl (C=O) groups is 2. The fourth-order valence-corrected chi connectivity index (χ4v) is 4.16. The van der Waals surface area contributed by atoms with Crippen LogP contribution >= 0.6 is 0 Å². The van der Waals surface area contributed by atoms with E-state index in [0.29, 0.717) is 24.3 Å². The molecule has 6 heteroatoms. The zero-order chi connectivity index (χ0) is 22.5. The molecule has 6 nitrogen and oxygen atoms in total. The number of carbonyl (C=O) groups excluding carboxylic acids is 2. The van der Waals surface area contributed by atoms with Crippen molar-refractivity contribution < 1.29 is 19.1 Å². The molecule has 164 valence electrons. The maximum Gasteiger partial charge on any atom is 0.229 e. The molecule has 1 heterocycles. The van der Waals surface area contributed by atoms with Gasteiger partial charge in [0, 0.05) is 17.8 Å². The highest BCUT2D eigenvalue weighted by molar-refractivity contribution is 6.00. The second kappa shape index (κ2) is 9.56. The van der Waals surface area contributed by atoms with E-state index in [1.165, 1.54) is 0 Å². The predicted octanol–water partition coefficient (Wildman–Crippen LogP) is 4.83. The first-order valence-corrected chi connectivity index (χ1v) is 10.6. The summed E-state index contributed by atoms with van der Waals surface area (Å²) in [5.41, 5.74) is 2.35. The van der Waals surface area contributed by atoms with Crippen LogP contribution in [0.3, 0.4) is 0 Å². The molecule has 0 bridgehead atoms. The molecule has 0 unspecified atom stereocenters. The SMILES string of the molecule is COc1ccc(NC(=O)[C@@H]2CCC(=O)N(c3ccc(OC)cc3)[C@@H]2c2ccccc2)cc1. The average molecular weight is 431 g/mol. The van der Waals surface area contributed by atoms with Gasteiger partial charge in [-0.1, -0.05) is 30.3 Å². The Bertz CT molecular complexity index is 1070. The van der Waals surface area contributed by atoms with E-state index in [4.69, 9.17) is 9.47 Å². The van der Waals surface area contributed by atoms with E-state index in [0.717, 1.165) is 17.0 Å². The van der Waals surface area contributed by atoms with E-state index < -0.39 is 12.0 Å². The van der Waals surface area contributed by atoms with Crippen LogP contribution in [-0.2, 0) is 9.59 Å². The van der Waals surface area contributed by atoms with Crippen LogP contribution in [0.4, 0.5) is 11.4 Å². The van der Waals surface area contributed by atoms with E-state index in [2.05, 4.69) is 5.32 Å². The lowest BCUT2D eigenvalue weighted by Crippen LogP contribution is -2.46. The van der Waals surface area contributed by atoms with Gasteiger partial charge >= 0.3 is 0 Å². The Labute approximate surface area is 187 Å². The Balaban J connectivity index is 1.68.